The van der Waals surface area contributed by atoms with E-state index in [4.69, 9.17) is 19.9 Å². The molecule has 0 saturated carbocycles. The van der Waals surface area contributed by atoms with E-state index in [9.17, 15) is 13.2 Å². The number of benzene rings is 3. The molecule has 172 valence electrons. The Balaban J connectivity index is 0.00000363. The molecule has 3 aromatic carbocycles. The zero-order valence-corrected chi connectivity index (χ0v) is 18.2. The van der Waals surface area contributed by atoms with Gasteiger partial charge in [-0.3, -0.25) is 0 Å². The van der Waals surface area contributed by atoms with Gasteiger partial charge in [0.2, 0.25) is 0 Å². The van der Waals surface area contributed by atoms with Crippen molar-refractivity contribution in [3.63, 3.8) is 0 Å². The van der Waals surface area contributed by atoms with E-state index < -0.39 is 12.4 Å². The second kappa shape index (κ2) is 11.0. The number of methoxy groups -OCH3 is 2. The minimum absolute atomic E-state index is 0. The standard InChI is InChI=1S/C23H22F3NO4.ClH/c1-28-20-12-18(22(27)16-8-10-17(11-9-16)31-23(24,25)26)19(13-21(20)29-2)30-14-15-6-4-3-5-7-15;/h3-13,22H,14,27H2,1-2H3;1H/t22-;/m1./s1. The Morgan fingerprint density at radius 1 is 0.844 bits per heavy atom. The first-order valence-electron chi connectivity index (χ1n) is 9.34. The predicted octanol–water partition coefficient (Wildman–Crippen LogP) is 5.65. The molecule has 0 amide bonds. The minimum atomic E-state index is -4.76. The molecular formula is C23H23ClF3NO4. The van der Waals surface area contributed by atoms with Crippen LogP contribution in [0, 0.1) is 0 Å². The van der Waals surface area contributed by atoms with Crippen LogP contribution in [0.1, 0.15) is 22.7 Å². The summed E-state index contributed by atoms with van der Waals surface area (Å²) in [4.78, 5) is 0. The van der Waals surface area contributed by atoms with Crippen molar-refractivity contribution in [2.75, 3.05) is 14.2 Å². The number of halogens is 4. The van der Waals surface area contributed by atoms with Gasteiger partial charge in [0.1, 0.15) is 18.1 Å². The highest BCUT2D eigenvalue weighted by Gasteiger charge is 2.31. The number of alkyl halides is 3. The minimum Gasteiger partial charge on any atom is -0.493 e. The number of ether oxygens (including phenoxy) is 4. The summed E-state index contributed by atoms with van der Waals surface area (Å²) in [5.74, 6) is 1.08. The van der Waals surface area contributed by atoms with E-state index in [0.29, 0.717) is 35.0 Å². The summed E-state index contributed by atoms with van der Waals surface area (Å²) in [6.07, 6.45) is -4.76. The van der Waals surface area contributed by atoms with E-state index in [0.717, 1.165) is 5.56 Å². The van der Waals surface area contributed by atoms with E-state index in [2.05, 4.69) is 4.74 Å². The Labute approximate surface area is 190 Å². The summed E-state index contributed by atoms with van der Waals surface area (Å²) in [5, 5.41) is 0. The van der Waals surface area contributed by atoms with Gasteiger partial charge < -0.3 is 24.7 Å². The van der Waals surface area contributed by atoms with Crippen molar-refractivity contribution in [1.29, 1.82) is 0 Å². The van der Waals surface area contributed by atoms with Crippen molar-refractivity contribution in [3.8, 4) is 23.0 Å². The number of hydrogen-bond acceptors (Lipinski definition) is 5. The fourth-order valence-electron chi connectivity index (χ4n) is 3.04. The molecule has 0 radical (unpaired) electrons. The Morgan fingerprint density at radius 2 is 1.44 bits per heavy atom. The molecule has 0 aliphatic carbocycles. The maximum atomic E-state index is 12.4. The van der Waals surface area contributed by atoms with Gasteiger partial charge in [0.25, 0.3) is 0 Å². The van der Waals surface area contributed by atoms with E-state index in [1.165, 1.54) is 38.5 Å². The fraction of sp³-hybridized carbons (Fsp3) is 0.217. The van der Waals surface area contributed by atoms with Crippen molar-refractivity contribution in [1.82, 2.24) is 0 Å². The summed E-state index contributed by atoms with van der Waals surface area (Å²) >= 11 is 0. The zero-order chi connectivity index (χ0) is 22.4. The maximum absolute atomic E-state index is 12.4. The third-order valence-corrected chi connectivity index (χ3v) is 4.56. The third-order valence-electron chi connectivity index (χ3n) is 4.56. The molecule has 0 heterocycles. The zero-order valence-electron chi connectivity index (χ0n) is 17.4. The molecule has 0 bridgehead atoms. The molecule has 3 rings (SSSR count). The van der Waals surface area contributed by atoms with Crippen molar-refractivity contribution in [3.05, 3.63) is 83.4 Å². The molecule has 0 unspecified atom stereocenters. The van der Waals surface area contributed by atoms with Gasteiger partial charge in [-0.05, 0) is 29.3 Å². The second-order valence-corrected chi connectivity index (χ2v) is 6.61. The first-order valence-corrected chi connectivity index (χ1v) is 9.34. The number of nitrogens with two attached hydrogens (primary N) is 1. The molecule has 0 saturated heterocycles. The topological polar surface area (TPSA) is 62.9 Å². The lowest BCUT2D eigenvalue weighted by atomic mass is 9.98. The Bertz CT molecular complexity index is 999. The molecule has 32 heavy (non-hydrogen) atoms. The van der Waals surface area contributed by atoms with Gasteiger partial charge in [-0.15, -0.1) is 25.6 Å². The van der Waals surface area contributed by atoms with Gasteiger partial charge in [0.15, 0.2) is 11.5 Å². The van der Waals surface area contributed by atoms with Crippen LogP contribution in [-0.4, -0.2) is 20.6 Å². The number of hydrogen-bond donors (Lipinski definition) is 1. The van der Waals surface area contributed by atoms with Gasteiger partial charge in [-0.1, -0.05) is 42.5 Å². The molecule has 0 spiro atoms. The van der Waals surface area contributed by atoms with Crippen LogP contribution in [0.3, 0.4) is 0 Å². The van der Waals surface area contributed by atoms with E-state index >= 15 is 0 Å². The van der Waals surface area contributed by atoms with Crippen LogP contribution in [-0.2, 0) is 6.61 Å². The Morgan fingerprint density at radius 3 is 2.00 bits per heavy atom. The maximum Gasteiger partial charge on any atom is 0.573 e. The van der Waals surface area contributed by atoms with Crippen LogP contribution in [0.25, 0.3) is 0 Å². The molecule has 0 aromatic heterocycles. The molecule has 2 N–H and O–H groups in total. The highest BCUT2D eigenvalue weighted by Crippen LogP contribution is 2.39. The van der Waals surface area contributed by atoms with Crippen LogP contribution in [0.5, 0.6) is 23.0 Å². The highest BCUT2D eigenvalue weighted by atomic mass is 35.5. The smallest absolute Gasteiger partial charge is 0.493 e. The summed E-state index contributed by atoms with van der Waals surface area (Å²) in [5.41, 5.74) is 8.57. The SMILES string of the molecule is COc1cc(OCc2ccccc2)c([C@H](N)c2ccc(OC(F)(F)F)cc2)cc1OC.Cl. The number of rotatable bonds is 8. The third kappa shape index (κ3) is 6.45. The average molecular weight is 470 g/mol. The van der Waals surface area contributed by atoms with Crippen molar-refractivity contribution in [2.24, 2.45) is 5.73 Å². The van der Waals surface area contributed by atoms with Crippen LogP contribution in [0.4, 0.5) is 13.2 Å². The van der Waals surface area contributed by atoms with Crippen LogP contribution in [0.15, 0.2) is 66.7 Å². The van der Waals surface area contributed by atoms with Crippen molar-refractivity contribution < 1.29 is 32.1 Å². The molecule has 5 nitrogen and oxygen atoms in total. The molecular weight excluding hydrogens is 447 g/mol. The summed E-state index contributed by atoms with van der Waals surface area (Å²) in [6, 6.07) is 17.7. The van der Waals surface area contributed by atoms with E-state index in [-0.39, 0.29) is 18.2 Å². The molecule has 0 fully saturated rings. The van der Waals surface area contributed by atoms with E-state index in [1.54, 1.807) is 12.1 Å². The largest absolute Gasteiger partial charge is 0.573 e. The first kappa shape index (κ1) is 25.2. The summed E-state index contributed by atoms with van der Waals surface area (Å²) in [6.45, 7) is 0.300. The normalized spacial score (nSPS) is 11.8. The Kier molecular flexibility index (Phi) is 8.63. The second-order valence-electron chi connectivity index (χ2n) is 6.61. The quantitative estimate of drug-likeness (QED) is 0.462. The van der Waals surface area contributed by atoms with Gasteiger partial charge in [0, 0.05) is 11.6 Å². The Hall–Kier alpha value is -3.10. The molecule has 9 heteroatoms. The predicted molar refractivity (Wildman–Crippen MR) is 117 cm³/mol. The monoisotopic (exact) mass is 469 g/mol. The first-order chi connectivity index (χ1) is 14.8. The molecule has 0 aliphatic rings. The van der Waals surface area contributed by atoms with Crippen LogP contribution in [0.2, 0.25) is 0 Å². The van der Waals surface area contributed by atoms with Crippen molar-refractivity contribution >= 4 is 12.4 Å². The van der Waals surface area contributed by atoms with Gasteiger partial charge in [-0.25, -0.2) is 0 Å². The lowest BCUT2D eigenvalue weighted by Crippen LogP contribution is -2.17. The molecule has 3 aromatic rings. The van der Waals surface area contributed by atoms with Crippen molar-refractivity contribution in [2.45, 2.75) is 19.0 Å². The van der Waals surface area contributed by atoms with E-state index in [1.807, 2.05) is 30.3 Å². The molecule has 0 aliphatic heterocycles. The van der Waals surface area contributed by atoms with Gasteiger partial charge in [0.05, 0.1) is 20.3 Å². The average Bonchev–Trinajstić information content (AvgIpc) is 2.76. The lowest BCUT2D eigenvalue weighted by Gasteiger charge is -2.20. The van der Waals surface area contributed by atoms with Crippen LogP contribution >= 0.6 is 12.4 Å². The fourth-order valence-corrected chi connectivity index (χ4v) is 3.04. The highest BCUT2D eigenvalue weighted by molar-refractivity contribution is 5.85. The van der Waals surface area contributed by atoms with Gasteiger partial charge in [-0.2, -0.15) is 0 Å². The lowest BCUT2D eigenvalue weighted by molar-refractivity contribution is -0.274. The summed E-state index contributed by atoms with van der Waals surface area (Å²) < 4.78 is 57.9. The van der Waals surface area contributed by atoms with Crippen LogP contribution < -0.4 is 24.7 Å². The summed E-state index contributed by atoms with van der Waals surface area (Å²) in [7, 11) is 3.01. The van der Waals surface area contributed by atoms with Gasteiger partial charge >= 0.3 is 6.36 Å². The molecule has 1 atom stereocenters.